The van der Waals surface area contributed by atoms with Crippen molar-refractivity contribution >= 4 is 17.7 Å². The van der Waals surface area contributed by atoms with Crippen LogP contribution in [0.3, 0.4) is 0 Å². The van der Waals surface area contributed by atoms with E-state index in [0.29, 0.717) is 11.7 Å². The van der Waals surface area contributed by atoms with E-state index in [9.17, 15) is 4.79 Å². The monoisotopic (exact) mass is 283 g/mol. The first kappa shape index (κ1) is 14.3. The quantitative estimate of drug-likeness (QED) is 0.713. The van der Waals surface area contributed by atoms with Crippen molar-refractivity contribution in [1.82, 2.24) is 20.1 Å². The Bertz CT molecular complexity index is 457. The highest BCUT2D eigenvalue weighted by molar-refractivity contribution is 7.99. The Balaban J connectivity index is 2.13. The fourth-order valence-corrected chi connectivity index (χ4v) is 3.47. The lowest BCUT2D eigenvalue weighted by atomic mass is 9.93. The van der Waals surface area contributed by atoms with Crippen LogP contribution in [0.4, 0.5) is 0 Å². The maximum atomic E-state index is 12.0. The molecule has 3 N–H and O–H groups in total. The Hall–Kier alpha value is -1.08. The summed E-state index contributed by atoms with van der Waals surface area (Å²) in [7, 11) is 1.89. The zero-order valence-corrected chi connectivity index (χ0v) is 12.4. The second kappa shape index (κ2) is 5.50. The average Bonchev–Trinajstić information content (AvgIpc) is 3.09. The van der Waals surface area contributed by atoms with Gasteiger partial charge in [-0.2, -0.15) is 0 Å². The number of amides is 1. The van der Waals surface area contributed by atoms with Gasteiger partial charge in [-0.1, -0.05) is 11.8 Å². The topological polar surface area (TPSA) is 85.8 Å². The van der Waals surface area contributed by atoms with Crippen molar-refractivity contribution in [3.63, 3.8) is 0 Å². The molecule has 1 amide bonds. The summed E-state index contributed by atoms with van der Waals surface area (Å²) >= 11 is 1.53. The molecule has 1 aliphatic rings. The number of nitrogens with one attached hydrogen (secondary N) is 1. The Kier molecular flexibility index (Phi) is 4.15. The number of aryl methyl sites for hydroxylation is 1. The van der Waals surface area contributed by atoms with Gasteiger partial charge < -0.3 is 15.6 Å². The molecule has 0 aliphatic heterocycles. The molecule has 1 unspecified atom stereocenters. The van der Waals surface area contributed by atoms with Crippen molar-refractivity contribution in [2.24, 2.45) is 18.7 Å². The third-order valence-electron chi connectivity index (χ3n) is 3.36. The summed E-state index contributed by atoms with van der Waals surface area (Å²) in [5, 5.41) is 12.1. The Labute approximate surface area is 117 Å². The van der Waals surface area contributed by atoms with Crippen LogP contribution in [0.15, 0.2) is 11.5 Å². The standard InChI is InChI=1S/C12H21N5OS/c1-8(2)15-12(10(13)18,9-4-5-9)6-19-11-16-14-7-17(11)3/h7-9,15H,4-6H2,1-3H3,(H2,13,18). The van der Waals surface area contributed by atoms with E-state index in [1.807, 2.05) is 25.5 Å². The number of nitrogens with two attached hydrogens (primary N) is 1. The lowest BCUT2D eigenvalue weighted by molar-refractivity contribution is -0.124. The van der Waals surface area contributed by atoms with Crippen molar-refractivity contribution in [3.05, 3.63) is 6.33 Å². The van der Waals surface area contributed by atoms with Gasteiger partial charge in [0, 0.05) is 18.8 Å². The molecule has 6 nitrogen and oxygen atoms in total. The van der Waals surface area contributed by atoms with Crippen LogP contribution in [-0.2, 0) is 11.8 Å². The maximum absolute atomic E-state index is 12.0. The van der Waals surface area contributed by atoms with Gasteiger partial charge in [-0.05, 0) is 32.6 Å². The molecular formula is C12H21N5OS. The molecule has 2 rings (SSSR count). The number of nitrogens with zero attached hydrogens (tertiary/aromatic N) is 3. The normalized spacial score (nSPS) is 18.5. The van der Waals surface area contributed by atoms with E-state index in [-0.39, 0.29) is 11.9 Å². The van der Waals surface area contributed by atoms with E-state index in [4.69, 9.17) is 5.73 Å². The zero-order valence-electron chi connectivity index (χ0n) is 11.6. The molecule has 1 saturated carbocycles. The summed E-state index contributed by atoms with van der Waals surface area (Å²) in [6.45, 7) is 4.07. The Morgan fingerprint density at radius 2 is 2.37 bits per heavy atom. The second-order valence-electron chi connectivity index (χ2n) is 5.42. The summed E-state index contributed by atoms with van der Waals surface area (Å²) in [6.07, 6.45) is 3.77. The molecule has 1 aliphatic carbocycles. The van der Waals surface area contributed by atoms with Crippen LogP contribution in [0.1, 0.15) is 26.7 Å². The lowest BCUT2D eigenvalue weighted by Gasteiger charge is -2.33. The number of hydrogen-bond acceptors (Lipinski definition) is 5. The molecule has 0 radical (unpaired) electrons. The van der Waals surface area contributed by atoms with Gasteiger partial charge in [-0.25, -0.2) is 0 Å². The molecule has 1 fully saturated rings. The number of carbonyl (C=O) groups is 1. The SMILES string of the molecule is CC(C)NC(CSc1nncn1C)(C(N)=O)C1CC1. The van der Waals surface area contributed by atoms with Gasteiger partial charge in [0.15, 0.2) is 5.16 Å². The summed E-state index contributed by atoms with van der Waals surface area (Å²) in [4.78, 5) is 12.0. The van der Waals surface area contributed by atoms with Crippen molar-refractivity contribution < 1.29 is 4.79 Å². The van der Waals surface area contributed by atoms with Gasteiger partial charge in [0.25, 0.3) is 0 Å². The molecule has 106 valence electrons. The first-order valence-electron chi connectivity index (χ1n) is 6.50. The molecule has 1 aromatic heterocycles. The number of rotatable bonds is 7. The van der Waals surface area contributed by atoms with Crippen LogP contribution in [-0.4, -0.2) is 38.0 Å². The minimum atomic E-state index is -0.634. The number of thioether (sulfide) groups is 1. The molecule has 0 spiro atoms. The molecule has 1 heterocycles. The van der Waals surface area contributed by atoms with Crippen molar-refractivity contribution in [2.45, 2.75) is 43.4 Å². The molecule has 19 heavy (non-hydrogen) atoms. The zero-order chi connectivity index (χ0) is 14.0. The van der Waals surface area contributed by atoms with Gasteiger partial charge in [0.05, 0.1) is 0 Å². The minimum absolute atomic E-state index is 0.216. The van der Waals surface area contributed by atoms with Crippen LogP contribution >= 0.6 is 11.8 Å². The number of carbonyl (C=O) groups excluding carboxylic acids is 1. The van der Waals surface area contributed by atoms with Crippen molar-refractivity contribution in [1.29, 1.82) is 0 Å². The first-order chi connectivity index (χ1) is 8.95. The predicted molar refractivity (Wildman–Crippen MR) is 74.6 cm³/mol. The third-order valence-corrected chi connectivity index (χ3v) is 4.59. The van der Waals surface area contributed by atoms with Crippen LogP contribution in [0.2, 0.25) is 0 Å². The number of aromatic nitrogens is 3. The fourth-order valence-electron chi connectivity index (χ4n) is 2.29. The largest absolute Gasteiger partial charge is 0.368 e. The van der Waals surface area contributed by atoms with Gasteiger partial charge in [-0.15, -0.1) is 10.2 Å². The van der Waals surface area contributed by atoms with E-state index < -0.39 is 5.54 Å². The van der Waals surface area contributed by atoms with E-state index in [2.05, 4.69) is 15.5 Å². The molecule has 1 atom stereocenters. The summed E-state index contributed by atoms with van der Waals surface area (Å²) in [5.41, 5.74) is 5.05. The number of hydrogen-bond donors (Lipinski definition) is 2. The van der Waals surface area contributed by atoms with E-state index in [0.717, 1.165) is 18.0 Å². The van der Waals surface area contributed by atoms with Crippen molar-refractivity contribution in [2.75, 3.05) is 5.75 Å². The van der Waals surface area contributed by atoms with Crippen molar-refractivity contribution in [3.8, 4) is 0 Å². The average molecular weight is 283 g/mol. The highest BCUT2D eigenvalue weighted by Crippen LogP contribution is 2.42. The summed E-state index contributed by atoms with van der Waals surface area (Å²) < 4.78 is 1.85. The Morgan fingerprint density at radius 1 is 1.68 bits per heavy atom. The highest BCUT2D eigenvalue weighted by Gasteiger charge is 2.50. The fraction of sp³-hybridized carbons (Fsp3) is 0.750. The van der Waals surface area contributed by atoms with E-state index in [1.165, 1.54) is 11.8 Å². The molecule has 1 aromatic rings. The van der Waals surface area contributed by atoms with Gasteiger partial charge in [0.1, 0.15) is 11.9 Å². The van der Waals surface area contributed by atoms with Crippen LogP contribution < -0.4 is 11.1 Å². The number of primary amides is 1. The molecule has 0 saturated heterocycles. The van der Waals surface area contributed by atoms with Gasteiger partial charge >= 0.3 is 0 Å². The molecule has 0 bridgehead atoms. The summed E-state index contributed by atoms with van der Waals surface area (Å²) in [5.74, 6) is 0.670. The predicted octanol–water partition coefficient (Wildman–Crippen LogP) is 0.539. The van der Waals surface area contributed by atoms with Crippen LogP contribution in [0.25, 0.3) is 0 Å². The summed E-state index contributed by atoms with van der Waals surface area (Å²) in [6, 6.07) is 0.216. The molecule has 7 heteroatoms. The first-order valence-corrected chi connectivity index (χ1v) is 7.48. The smallest absolute Gasteiger partial charge is 0.238 e. The third kappa shape index (κ3) is 3.09. The van der Waals surface area contributed by atoms with E-state index >= 15 is 0 Å². The van der Waals surface area contributed by atoms with Crippen LogP contribution in [0.5, 0.6) is 0 Å². The van der Waals surface area contributed by atoms with Gasteiger partial charge in [0.2, 0.25) is 5.91 Å². The molecule has 0 aromatic carbocycles. The second-order valence-corrected chi connectivity index (χ2v) is 6.36. The van der Waals surface area contributed by atoms with Crippen LogP contribution in [0, 0.1) is 5.92 Å². The molecular weight excluding hydrogens is 262 g/mol. The lowest BCUT2D eigenvalue weighted by Crippen LogP contribution is -2.61. The highest BCUT2D eigenvalue weighted by atomic mass is 32.2. The van der Waals surface area contributed by atoms with Gasteiger partial charge in [-0.3, -0.25) is 4.79 Å². The van der Waals surface area contributed by atoms with E-state index in [1.54, 1.807) is 6.33 Å². The minimum Gasteiger partial charge on any atom is -0.368 e. The Morgan fingerprint density at radius 3 is 2.79 bits per heavy atom. The maximum Gasteiger partial charge on any atom is 0.238 e.